The molecule has 2 saturated heterocycles. The highest BCUT2D eigenvalue weighted by Gasteiger charge is 2.39. The van der Waals surface area contributed by atoms with Crippen LogP contribution in [0.5, 0.6) is 0 Å². The molecule has 3 N–H and O–H groups in total. The van der Waals surface area contributed by atoms with Crippen LogP contribution in [0.25, 0.3) is 0 Å². The number of nitrogens with two attached hydrogens (primary N) is 1. The summed E-state index contributed by atoms with van der Waals surface area (Å²) in [6.45, 7) is 3.81. The van der Waals surface area contributed by atoms with Crippen molar-refractivity contribution < 1.29 is 8.42 Å². The molecule has 21 heavy (non-hydrogen) atoms. The van der Waals surface area contributed by atoms with Crippen LogP contribution in [0, 0.1) is 6.92 Å². The molecule has 2 aliphatic heterocycles. The first-order valence-corrected chi connectivity index (χ1v) is 9.06. The lowest BCUT2D eigenvalue weighted by molar-refractivity contribution is 0.309. The molecule has 0 aliphatic carbocycles. The van der Waals surface area contributed by atoms with E-state index in [1.165, 1.54) is 6.07 Å². The van der Waals surface area contributed by atoms with Crippen molar-refractivity contribution in [3.8, 4) is 0 Å². The van der Waals surface area contributed by atoms with Crippen molar-refractivity contribution in [1.29, 1.82) is 0 Å². The molecule has 2 atom stereocenters. The summed E-state index contributed by atoms with van der Waals surface area (Å²) >= 11 is 6.00. The number of aryl methyl sites for hydroxylation is 1. The van der Waals surface area contributed by atoms with Crippen LogP contribution < -0.4 is 10.5 Å². The Kier molecular flexibility index (Phi) is 3.90. The van der Waals surface area contributed by atoms with E-state index in [0.717, 1.165) is 32.4 Å². The molecular formula is C14H20ClN3O2S. The third-order valence-electron chi connectivity index (χ3n) is 4.48. The lowest BCUT2D eigenvalue weighted by atomic mass is 10.1. The number of nitrogens with zero attached hydrogens (tertiary/aromatic N) is 1. The predicted molar refractivity (Wildman–Crippen MR) is 83.9 cm³/mol. The summed E-state index contributed by atoms with van der Waals surface area (Å²) in [4.78, 5) is 2.56. The number of benzene rings is 1. The normalized spacial score (nSPS) is 26.2. The first-order chi connectivity index (χ1) is 9.88. The molecule has 1 aromatic rings. The van der Waals surface area contributed by atoms with E-state index >= 15 is 0 Å². The van der Waals surface area contributed by atoms with Gasteiger partial charge in [0.05, 0.1) is 15.6 Å². The number of nitrogen functional groups attached to an aromatic ring is 1. The fourth-order valence-corrected chi connectivity index (χ4v) is 4.94. The van der Waals surface area contributed by atoms with Gasteiger partial charge in [-0.1, -0.05) is 11.6 Å². The number of halogens is 1. The summed E-state index contributed by atoms with van der Waals surface area (Å²) in [5.41, 5.74) is 6.75. The van der Waals surface area contributed by atoms with Crippen molar-refractivity contribution in [3.05, 3.63) is 22.7 Å². The molecule has 0 spiro atoms. The average molecular weight is 330 g/mol. The predicted octanol–water partition coefficient (Wildman–Crippen LogP) is 1.75. The average Bonchev–Trinajstić information content (AvgIpc) is 3.00. The fraction of sp³-hybridized carbons (Fsp3) is 0.571. The molecule has 7 heteroatoms. The Morgan fingerprint density at radius 1 is 1.33 bits per heavy atom. The molecular weight excluding hydrogens is 310 g/mol. The molecule has 0 saturated carbocycles. The molecule has 2 unspecified atom stereocenters. The number of fused-ring (bicyclic) bond motifs is 1. The molecule has 3 rings (SSSR count). The second kappa shape index (κ2) is 5.43. The Balaban J connectivity index is 1.84. The van der Waals surface area contributed by atoms with Gasteiger partial charge in [0.25, 0.3) is 0 Å². The zero-order chi connectivity index (χ0) is 15.2. The van der Waals surface area contributed by atoms with Gasteiger partial charge in [-0.05, 0) is 50.4 Å². The monoisotopic (exact) mass is 329 g/mol. The zero-order valence-electron chi connectivity index (χ0n) is 12.0. The first-order valence-electron chi connectivity index (χ1n) is 7.20. The van der Waals surface area contributed by atoms with E-state index < -0.39 is 10.0 Å². The minimum Gasteiger partial charge on any atom is -0.397 e. The van der Waals surface area contributed by atoms with E-state index in [1.54, 1.807) is 13.0 Å². The molecule has 5 nitrogen and oxygen atoms in total. The standard InChI is InChI=1S/C14H20ClN3O2S/c1-9-7-10(8-11(16)14(9)15)21(19,20)17-12-4-6-18-5-2-3-13(12)18/h7-8,12-13,17H,2-6,16H2,1H3. The van der Waals surface area contributed by atoms with E-state index in [0.29, 0.717) is 22.3 Å². The van der Waals surface area contributed by atoms with Crippen molar-refractivity contribution >= 4 is 27.3 Å². The van der Waals surface area contributed by atoms with E-state index in [9.17, 15) is 8.42 Å². The van der Waals surface area contributed by atoms with Crippen molar-refractivity contribution in [2.45, 2.75) is 43.2 Å². The fourth-order valence-electron chi connectivity index (χ4n) is 3.41. The van der Waals surface area contributed by atoms with Crippen LogP contribution in [-0.4, -0.2) is 38.5 Å². The van der Waals surface area contributed by atoms with Gasteiger partial charge >= 0.3 is 0 Å². The van der Waals surface area contributed by atoms with Crippen molar-refractivity contribution in [1.82, 2.24) is 9.62 Å². The van der Waals surface area contributed by atoms with E-state index in [4.69, 9.17) is 17.3 Å². The lowest BCUT2D eigenvalue weighted by Crippen LogP contribution is -2.42. The quantitative estimate of drug-likeness (QED) is 0.828. The summed E-state index contributed by atoms with van der Waals surface area (Å²) in [6.07, 6.45) is 3.08. The summed E-state index contributed by atoms with van der Waals surface area (Å²) in [5.74, 6) is 0. The summed E-state index contributed by atoms with van der Waals surface area (Å²) in [5, 5.41) is 0.414. The highest BCUT2D eigenvalue weighted by atomic mass is 35.5. The largest absolute Gasteiger partial charge is 0.397 e. The van der Waals surface area contributed by atoms with E-state index in [-0.39, 0.29) is 10.9 Å². The molecule has 0 bridgehead atoms. The van der Waals surface area contributed by atoms with Gasteiger partial charge in [0.2, 0.25) is 10.0 Å². The van der Waals surface area contributed by atoms with Gasteiger partial charge in [0.1, 0.15) is 0 Å². The van der Waals surface area contributed by atoms with Gasteiger partial charge in [-0.2, -0.15) is 0 Å². The Labute approximate surface area is 130 Å². The van der Waals surface area contributed by atoms with Crippen LogP contribution in [0.3, 0.4) is 0 Å². The third kappa shape index (κ3) is 2.77. The molecule has 116 valence electrons. The minimum atomic E-state index is -3.56. The van der Waals surface area contributed by atoms with Gasteiger partial charge in [-0.15, -0.1) is 0 Å². The topological polar surface area (TPSA) is 75.4 Å². The zero-order valence-corrected chi connectivity index (χ0v) is 13.5. The van der Waals surface area contributed by atoms with Gasteiger partial charge in [-0.25, -0.2) is 13.1 Å². The number of rotatable bonds is 3. The van der Waals surface area contributed by atoms with Gasteiger partial charge < -0.3 is 5.73 Å². The molecule has 0 amide bonds. The SMILES string of the molecule is Cc1cc(S(=O)(=O)NC2CCN3CCCC23)cc(N)c1Cl. The molecule has 2 aliphatic rings. The highest BCUT2D eigenvalue weighted by Crippen LogP contribution is 2.30. The lowest BCUT2D eigenvalue weighted by Gasteiger charge is -2.21. The number of hydrogen-bond donors (Lipinski definition) is 2. The smallest absolute Gasteiger partial charge is 0.240 e. The van der Waals surface area contributed by atoms with Crippen LogP contribution in [0.1, 0.15) is 24.8 Å². The second-order valence-electron chi connectivity index (χ2n) is 5.91. The molecule has 0 radical (unpaired) electrons. The maximum atomic E-state index is 12.6. The number of nitrogens with one attached hydrogen (secondary N) is 1. The molecule has 1 aromatic carbocycles. The van der Waals surface area contributed by atoms with Crippen LogP contribution in [-0.2, 0) is 10.0 Å². The molecule has 2 heterocycles. The van der Waals surface area contributed by atoms with E-state index in [2.05, 4.69) is 9.62 Å². The number of anilines is 1. The Morgan fingerprint density at radius 2 is 2.10 bits per heavy atom. The van der Waals surface area contributed by atoms with Crippen LogP contribution >= 0.6 is 11.6 Å². The minimum absolute atomic E-state index is 0.00490. The Morgan fingerprint density at radius 3 is 2.81 bits per heavy atom. The van der Waals surface area contributed by atoms with Gasteiger partial charge in [0, 0.05) is 18.6 Å². The van der Waals surface area contributed by atoms with Crippen LogP contribution in [0.2, 0.25) is 5.02 Å². The van der Waals surface area contributed by atoms with Gasteiger partial charge in [-0.3, -0.25) is 4.90 Å². The second-order valence-corrected chi connectivity index (χ2v) is 8.00. The summed E-state index contributed by atoms with van der Waals surface area (Å²) in [7, 11) is -3.56. The Bertz CT molecular complexity index is 639. The highest BCUT2D eigenvalue weighted by molar-refractivity contribution is 7.89. The number of sulfonamides is 1. The van der Waals surface area contributed by atoms with Crippen molar-refractivity contribution in [2.24, 2.45) is 0 Å². The third-order valence-corrected chi connectivity index (χ3v) is 6.46. The molecule has 0 aromatic heterocycles. The summed E-state index contributed by atoms with van der Waals surface area (Å²) in [6, 6.07) is 3.33. The number of hydrogen-bond acceptors (Lipinski definition) is 4. The van der Waals surface area contributed by atoms with Gasteiger partial charge in [0.15, 0.2) is 0 Å². The van der Waals surface area contributed by atoms with Crippen molar-refractivity contribution in [2.75, 3.05) is 18.8 Å². The van der Waals surface area contributed by atoms with Crippen LogP contribution in [0.4, 0.5) is 5.69 Å². The molecule has 2 fully saturated rings. The van der Waals surface area contributed by atoms with E-state index in [1.807, 2.05) is 0 Å². The maximum Gasteiger partial charge on any atom is 0.240 e. The first kappa shape index (κ1) is 15.1. The maximum absolute atomic E-state index is 12.6. The van der Waals surface area contributed by atoms with Crippen LogP contribution in [0.15, 0.2) is 17.0 Å². The summed E-state index contributed by atoms with van der Waals surface area (Å²) < 4.78 is 28.0. The van der Waals surface area contributed by atoms with Crippen molar-refractivity contribution in [3.63, 3.8) is 0 Å². The Hall–Kier alpha value is -0.820.